The van der Waals surface area contributed by atoms with Crippen LogP contribution < -0.4 is 4.74 Å². The number of likely N-dealkylation sites (N-methyl/N-ethyl adjacent to an activating group) is 1. The van der Waals surface area contributed by atoms with Gasteiger partial charge in [-0.3, -0.25) is 4.79 Å². The van der Waals surface area contributed by atoms with Gasteiger partial charge in [0, 0.05) is 28.0 Å². The highest BCUT2D eigenvalue weighted by molar-refractivity contribution is 9.10. The number of aryl methyl sites for hydroxylation is 1. The van der Waals surface area contributed by atoms with Crippen LogP contribution in [0.2, 0.25) is 0 Å². The summed E-state index contributed by atoms with van der Waals surface area (Å²) in [6.45, 7) is -0.417. The van der Waals surface area contributed by atoms with Crippen molar-refractivity contribution in [2.75, 3.05) is 7.05 Å². The quantitative estimate of drug-likeness (QED) is 0.614. The van der Waals surface area contributed by atoms with Gasteiger partial charge in [-0.1, -0.05) is 15.9 Å². The summed E-state index contributed by atoms with van der Waals surface area (Å²) in [6, 6.07) is 6.65. The third-order valence-corrected chi connectivity index (χ3v) is 4.82. The van der Waals surface area contributed by atoms with Crippen molar-refractivity contribution in [3.63, 3.8) is 0 Å². The number of amides is 1. The first-order valence-corrected chi connectivity index (χ1v) is 8.74. The lowest BCUT2D eigenvalue weighted by molar-refractivity contribution is -0.125. The lowest BCUT2D eigenvalue weighted by atomic mass is 10.2. The number of benzene rings is 1. The summed E-state index contributed by atoms with van der Waals surface area (Å²) in [5, 5.41) is 1.98. The van der Waals surface area contributed by atoms with Gasteiger partial charge in [0.2, 0.25) is 5.91 Å². The zero-order valence-electron chi connectivity index (χ0n) is 13.1. The highest BCUT2D eigenvalue weighted by Gasteiger charge is 2.11. The van der Waals surface area contributed by atoms with Crippen molar-refractivity contribution < 1.29 is 18.3 Å². The van der Waals surface area contributed by atoms with E-state index in [4.69, 9.17) is 0 Å². The largest absolute Gasteiger partial charge is 0.434 e. The average molecular weight is 416 g/mol. The summed E-state index contributed by atoms with van der Waals surface area (Å²) in [5.74, 6) is -0.195. The molecule has 2 aromatic rings. The number of halogens is 3. The molecule has 1 aromatic heterocycles. The monoisotopic (exact) mass is 415 g/mol. The number of alkyl halides is 2. The molecule has 0 saturated carbocycles. The van der Waals surface area contributed by atoms with Gasteiger partial charge < -0.3 is 9.64 Å². The lowest BCUT2D eigenvalue weighted by Crippen LogP contribution is -2.23. The molecule has 0 atom stereocenters. The molecule has 3 nitrogen and oxygen atoms in total. The number of carbonyl (C=O) groups excluding carboxylic acids is 1. The minimum absolute atomic E-state index is 0.0222. The molecule has 1 amide bonds. The average Bonchev–Trinajstić information content (AvgIpc) is 2.91. The Labute approximate surface area is 151 Å². The molecule has 7 heteroatoms. The molecule has 0 aliphatic carbocycles. The summed E-state index contributed by atoms with van der Waals surface area (Å²) in [4.78, 5) is 14.9. The zero-order valence-corrected chi connectivity index (χ0v) is 15.5. The van der Waals surface area contributed by atoms with Gasteiger partial charge in [-0.25, -0.2) is 0 Å². The summed E-state index contributed by atoms with van der Waals surface area (Å²) >= 11 is 4.87. The highest BCUT2D eigenvalue weighted by atomic mass is 79.9. The van der Waals surface area contributed by atoms with E-state index in [1.54, 1.807) is 35.4 Å². The van der Waals surface area contributed by atoms with E-state index in [2.05, 4.69) is 20.7 Å². The van der Waals surface area contributed by atoms with Crippen LogP contribution in [0.1, 0.15) is 16.0 Å². The van der Waals surface area contributed by atoms with Crippen LogP contribution in [0.25, 0.3) is 6.08 Å². The topological polar surface area (TPSA) is 29.5 Å². The number of ether oxygens (including phenoxy) is 1. The number of hydrogen-bond donors (Lipinski definition) is 0. The van der Waals surface area contributed by atoms with Crippen LogP contribution >= 0.6 is 27.3 Å². The lowest BCUT2D eigenvalue weighted by Gasteiger charge is -2.15. The second kappa shape index (κ2) is 8.39. The smallest absolute Gasteiger partial charge is 0.387 e. The Bertz CT molecular complexity index is 746. The fourth-order valence-corrected chi connectivity index (χ4v) is 3.34. The SMILES string of the molecule is Cc1ccsc1CN(C)C(=O)/C=C/c1cc(Br)ccc1OC(F)F. The molecule has 0 unspecified atom stereocenters. The van der Waals surface area contributed by atoms with Crippen molar-refractivity contribution in [1.29, 1.82) is 0 Å². The molecule has 0 radical (unpaired) electrons. The van der Waals surface area contributed by atoms with Gasteiger partial charge in [-0.2, -0.15) is 8.78 Å². The first kappa shape index (κ1) is 18.6. The number of rotatable bonds is 6. The van der Waals surface area contributed by atoms with Gasteiger partial charge in [0.05, 0.1) is 6.54 Å². The van der Waals surface area contributed by atoms with Crippen LogP contribution in [-0.2, 0) is 11.3 Å². The maximum Gasteiger partial charge on any atom is 0.387 e. The number of hydrogen-bond acceptors (Lipinski definition) is 3. The third-order valence-electron chi connectivity index (χ3n) is 3.32. The molecule has 24 heavy (non-hydrogen) atoms. The van der Waals surface area contributed by atoms with Gasteiger partial charge in [-0.15, -0.1) is 11.3 Å². The van der Waals surface area contributed by atoms with E-state index in [9.17, 15) is 13.6 Å². The summed E-state index contributed by atoms with van der Waals surface area (Å²) in [5.41, 5.74) is 1.54. The Kier molecular flexibility index (Phi) is 6.51. The Morgan fingerprint density at radius 1 is 1.42 bits per heavy atom. The number of carbonyl (C=O) groups is 1. The standard InChI is InChI=1S/C17H16BrF2NO2S/c1-11-7-8-24-15(11)10-21(2)16(22)6-3-12-9-13(18)4-5-14(12)23-17(19)20/h3-9,17H,10H2,1-2H3/b6-3+. The van der Waals surface area contributed by atoms with E-state index in [-0.39, 0.29) is 11.7 Å². The van der Waals surface area contributed by atoms with Crippen molar-refractivity contribution in [3.05, 3.63) is 56.2 Å². The molecule has 0 aliphatic heterocycles. The Morgan fingerprint density at radius 2 is 2.17 bits per heavy atom. The van der Waals surface area contributed by atoms with E-state index in [1.165, 1.54) is 18.2 Å². The number of thiophene rings is 1. The molecular formula is C17H16BrF2NO2S. The molecule has 1 aromatic carbocycles. The molecule has 0 N–H and O–H groups in total. The first-order chi connectivity index (χ1) is 11.4. The Balaban J connectivity index is 2.10. The van der Waals surface area contributed by atoms with Crippen molar-refractivity contribution >= 4 is 39.2 Å². The third kappa shape index (κ3) is 5.14. The second-order valence-electron chi connectivity index (χ2n) is 5.12. The number of nitrogens with zero attached hydrogens (tertiary/aromatic N) is 1. The molecule has 2 rings (SSSR count). The maximum atomic E-state index is 12.4. The van der Waals surface area contributed by atoms with Gasteiger partial charge in [0.25, 0.3) is 0 Å². The highest BCUT2D eigenvalue weighted by Crippen LogP contribution is 2.26. The minimum Gasteiger partial charge on any atom is -0.434 e. The Morgan fingerprint density at radius 3 is 2.79 bits per heavy atom. The van der Waals surface area contributed by atoms with Crippen molar-refractivity contribution in [2.24, 2.45) is 0 Å². The van der Waals surface area contributed by atoms with Crippen LogP contribution in [0.15, 0.2) is 40.2 Å². The van der Waals surface area contributed by atoms with E-state index >= 15 is 0 Å². The Hall–Kier alpha value is -1.73. The molecule has 0 aliphatic rings. The van der Waals surface area contributed by atoms with E-state index in [0.29, 0.717) is 16.6 Å². The van der Waals surface area contributed by atoms with Crippen molar-refractivity contribution in [3.8, 4) is 5.75 Å². The zero-order chi connectivity index (χ0) is 17.7. The molecule has 0 bridgehead atoms. The first-order valence-electron chi connectivity index (χ1n) is 7.07. The van der Waals surface area contributed by atoms with E-state index < -0.39 is 6.61 Å². The van der Waals surface area contributed by atoms with Crippen LogP contribution in [0, 0.1) is 6.92 Å². The van der Waals surface area contributed by atoms with Gasteiger partial charge >= 0.3 is 6.61 Å². The molecule has 0 fully saturated rings. The van der Waals surface area contributed by atoms with Crippen LogP contribution in [0.4, 0.5) is 8.78 Å². The molecular weight excluding hydrogens is 400 g/mol. The molecule has 0 saturated heterocycles. The summed E-state index contributed by atoms with van der Waals surface area (Å²) in [7, 11) is 1.70. The van der Waals surface area contributed by atoms with Crippen molar-refractivity contribution in [2.45, 2.75) is 20.1 Å². The second-order valence-corrected chi connectivity index (χ2v) is 7.03. The van der Waals surface area contributed by atoms with Gasteiger partial charge in [0.1, 0.15) is 5.75 Å². The van der Waals surface area contributed by atoms with Crippen LogP contribution in [-0.4, -0.2) is 24.5 Å². The fourth-order valence-electron chi connectivity index (χ4n) is 2.00. The van der Waals surface area contributed by atoms with E-state index in [0.717, 1.165) is 10.4 Å². The molecule has 128 valence electrons. The van der Waals surface area contributed by atoms with Gasteiger partial charge in [-0.05, 0) is 48.2 Å². The van der Waals surface area contributed by atoms with Gasteiger partial charge in [0.15, 0.2) is 0 Å². The normalized spacial score (nSPS) is 11.2. The molecule has 1 heterocycles. The van der Waals surface area contributed by atoms with E-state index in [1.807, 2.05) is 18.4 Å². The fraction of sp³-hybridized carbons (Fsp3) is 0.235. The van der Waals surface area contributed by atoms with Crippen LogP contribution in [0.3, 0.4) is 0 Å². The molecule has 0 spiro atoms. The summed E-state index contributed by atoms with van der Waals surface area (Å²) < 4.78 is 30.1. The predicted octanol–water partition coefficient (Wildman–Crippen LogP) is 5.09. The maximum absolute atomic E-state index is 12.4. The van der Waals surface area contributed by atoms with Crippen molar-refractivity contribution in [1.82, 2.24) is 4.90 Å². The minimum atomic E-state index is -2.92. The predicted molar refractivity (Wildman–Crippen MR) is 95.3 cm³/mol. The summed E-state index contributed by atoms with van der Waals surface area (Å²) in [6.07, 6.45) is 2.83. The van der Waals surface area contributed by atoms with Crippen LogP contribution in [0.5, 0.6) is 5.75 Å².